The number of thiazole rings is 1. The maximum absolute atomic E-state index is 13.5. The summed E-state index contributed by atoms with van der Waals surface area (Å²) in [5, 5.41) is 0.528. The molecule has 0 aliphatic carbocycles. The summed E-state index contributed by atoms with van der Waals surface area (Å²) in [4.78, 5) is 19.8. The minimum atomic E-state index is -3.43. The van der Waals surface area contributed by atoms with E-state index in [-0.39, 0.29) is 16.9 Å². The maximum Gasteiger partial charge on any atom is 0.260 e. The Balaban J connectivity index is 1.76. The smallest absolute Gasteiger partial charge is 0.260 e. The van der Waals surface area contributed by atoms with E-state index in [2.05, 4.69) is 4.98 Å². The van der Waals surface area contributed by atoms with Gasteiger partial charge in [0.2, 0.25) is 0 Å². The van der Waals surface area contributed by atoms with Crippen LogP contribution in [0.1, 0.15) is 23.2 Å². The van der Waals surface area contributed by atoms with Crippen molar-refractivity contribution in [2.75, 3.05) is 31.4 Å². The van der Waals surface area contributed by atoms with Gasteiger partial charge in [-0.2, -0.15) is 0 Å². The number of hydrogen-bond donors (Lipinski definition) is 0. The number of methoxy groups -OCH3 is 1. The molecule has 4 rings (SSSR count). The number of fused-ring (bicyclic) bond motifs is 1. The summed E-state index contributed by atoms with van der Waals surface area (Å²) in [5.74, 6) is 0.326. The summed E-state index contributed by atoms with van der Waals surface area (Å²) in [5.41, 5.74) is 0.983. The highest BCUT2D eigenvalue weighted by molar-refractivity contribution is 7.90. The van der Waals surface area contributed by atoms with Crippen LogP contribution in [0.4, 0.5) is 5.13 Å². The Kier molecular flexibility index (Phi) is 5.77. The number of rotatable bonds is 6. The van der Waals surface area contributed by atoms with Gasteiger partial charge in [-0.05, 0) is 43.2 Å². The number of anilines is 1. The van der Waals surface area contributed by atoms with Crippen molar-refractivity contribution in [3.8, 4) is 5.75 Å². The maximum atomic E-state index is 13.5. The summed E-state index contributed by atoms with van der Waals surface area (Å²) in [6.07, 6.45) is 2.85. The Morgan fingerprint density at radius 3 is 2.80 bits per heavy atom. The number of benzene rings is 2. The molecule has 1 aromatic heterocycles. The van der Waals surface area contributed by atoms with Gasteiger partial charge in [-0.25, -0.2) is 13.4 Å². The van der Waals surface area contributed by atoms with Crippen LogP contribution in [0.5, 0.6) is 5.75 Å². The zero-order valence-corrected chi connectivity index (χ0v) is 18.3. The van der Waals surface area contributed by atoms with Gasteiger partial charge in [0.25, 0.3) is 5.91 Å². The third-order valence-corrected chi connectivity index (χ3v) is 7.14. The average Bonchev–Trinajstić information content (AvgIpc) is 3.40. The molecule has 1 amide bonds. The lowest BCUT2D eigenvalue weighted by atomic mass is 10.2. The lowest BCUT2D eigenvalue weighted by Crippen LogP contribution is -2.37. The van der Waals surface area contributed by atoms with Crippen molar-refractivity contribution in [3.05, 3.63) is 48.0 Å². The molecule has 158 valence electrons. The standard InChI is InChI=1S/C21H22N2O5S2/c1-27-17-9-4-10-18-19(17)22-21(29-18)23(13-15-7-5-11-28-15)20(24)14-6-3-8-16(12-14)30(2,25)26/h3-4,6,8-10,12,15H,5,7,11,13H2,1-2H3. The van der Waals surface area contributed by atoms with Gasteiger partial charge in [-0.3, -0.25) is 9.69 Å². The predicted octanol–water partition coefficient (Wildman–Crippen LogP) is 3.53. The topological polar surface area (TPSA) is 85.8 Å². The normalized spacial score (nSPS) is 16.7. The van der Waals surface area contributed by atoms with Crippen LogP contribution in [0, 0.1) is 0 Å². The molecule has 1 unspecified atom stereocenters. The van der Waals surface area contributed by atoms with Crippen LogP contribution in [0.25, 0.3) is 10.2 Å². The van der Waals surface area contributed by atoms with Gasteiger partial charge >= 0.3 is 0 Å². The molecule has 0 saturated carbocycles. The number of carbonyl (C=O) groups excluding carboxylic acids is 1. The van der Waals surface area contributed by atoms with Crippen LogP contribution in [-0.2, 0) is 14.6 Å². The molecule has 1 fully saturated rings. The molecule has 7 nitrogen and oxygen atoms in total. The molecule has 0 bridgehead atoms. The van der Waals surface area contributed by atoms with Crippen molar-refractivity contribution >= 4 is 42.4 Å². The Morgan fingerprint density at radius 1 is 1.30 bits per heavy atom. The lowest BCUT2D eigenvalue weighted by Gasteiger charge is -2.23. The van der Waals surface area contributed by atoms with Gasteiger partial charge in [-0.15, -0.1) is 0 Å². The highest BCUT2D eigenvalue weighted by atomic mass is 32.2. The first-order valence-corrected chi connectivity index (χ1v) is 12.2. The number of sulfone groups is 1. The van der Waals surface area contributed by atoms with Gasteiger partial charge < -0.3 is 9.47 Å². The van der Waals surface area contributed by atoms with E-state index in [0.29, 0.717) is 35.1 Å². The first kappa shape index (κ1) is 20.8. The molecule has 1 atom stereocenters. The predicted molar refractivity (Wildman–Crippen MR) is 116 cm³/mol. The summed E-state index contributed by atoms with van der Waals surface area (Å²) < 4.78 is 35.9. The minimum Gasteiger partial charge on any atom is -0.494 e. The van der Waals surface area contributed by atoms with E-state index in [9.17, 15) is 13.2 Å². The third kappa shape index (κ3) is 4.19. The van der Waals surface area contributed by atoms with Crippen LogP contribution >= 0.6 is 11.3 Å². The first-order chi connectivity index (χ1) is 14.4. The van der Waals surface area contributed by atoms with Crippen LogP contribution in [0.2, 0.25) is 0 Å². The molecule has 1 aliphatic rings. The first-order valence-electron chi connectivity index (χ1n) is 9.54. The Hall–Kier alpha value is -2.49. The number of para-hydroxylation sites is 1. The quantitative estimate of drug-likeness (QED) is 0.576. The highest BCUT2D eigenvalue weighted by Gasteiger charge is 2.28. The summed E-state index contributed by atoms with van der Waals surface area (Å²) >= 11 is 1.39. The fraction of sp³-hybridized carbons (Fsp3) is 0.333. The molecule has 3 aromatic rings. The zero-order valence-electron chi connectivity index (χ0n) is 16.7. The van der Waals surface area contributed by atoms with Gasteiger partial charge in [0.1, 0.15) is 11.3 Å². The molecule has 1 aliphatic heterocycles. The van der Waals surface area contributed by atoms with E-state index in [0.717, 1.165) is 23.8 Å². The van der Waals surface area contributed by atoms with E-state index >= 15 is 0 Å². The van der Waals surface area contributed by atoms with Crippen molar-refractivity contribution in [3.63, 3.8) is 0 Å². The molecular weight excluding hydrogens is 424 g/mol. The average molecular weight is 447 g/mol. The number of ether oxygens (including phenoxy) is 2. The van der Waals surface area contributed by atoms with E-state index in [1.807, 2.05) is 18.2 Å². The van der Waals surface area contributed by atoms with Gasteiger partial charge in [0.15, 0.2) is 15.0 Å². The lowest BCUT2D eigenvalue weighted by molar-refractivity contribution is 0.0917. The largest absolute Gasteiger partial charge is 0.494 e. The molecule has 0 spiro atoms. The molecular formula is C21H22N2O5S2. The fourth-order valence-electron chi connectivity index (χ4n) is 3.45. The minimum absolute atomic E-state index is 0.0825. The molecule has 1 saturated heterocycles. The van der Waals surface area contributed by atoms with E-state index in [4.69, 9.17) is 9.47 Å². The second-order valence-electron chi connectivity index (χ2n) is 7.15. The Bertz CT molecular complexity index is 1180. The van der Waals surface area contributed by atoms with Crippen LogP contribution in [-0.4, -0.2) is 51.9 Å². The van der Waals surface area contributed by atoms with E-state index in [1.54, 1.807) is 24.1 Å². The number of nitrogens with zero attached hydrogens (tertiary/aromatic N) is 2. The number of aromatic nitrogens is 1. The zero-order chi connectivity index (χ0) is 21.3. The van der Waals surface area contributed by atoms with Crippen molar-refractivity contribution in [1.29, 1.82) is 0 Å². The SMILES string of the molecule is COc1cccc2sc(N(CC3CCCO3)C(=O)c3cccc(S(C)(=O)=O)c3)nc12. The van der Waals surface area contributed by atoms with Crippen molar-refractivity contribution in [1.82, 2.24) is 4.98 Å². The summed E-state index contributed by atoms with van der Waals surface area (Å²) in [6.45, 7) is 1.02. The van der Waals surface area contributed by atoms with Gasteiger partial charge in [-0.1, -0.05) is 23.5 Å². The second kappa shape index (κ2) is 8.33. The van der Waals surface area contributed by atoms with Gasteiger partial charge in [0, 0.05) is 18.4 Å². The summed E-state index contributed by atoms with van der Waals surface area (Å²) in [7, 11) is -1.84. The van der Waals surface area contributed by atoms with E-state index < -0.39 is 9.84 Å². The van der Waals surface area contributed by atoms with Crippen LogP contribution in [0.15, 0.2) is 47.4 Å². The molecule has 2 heterocycles. The molecule has 30 heavy (non-hydrogen) atoms. The summed E-state index contributed by atoms with van der Waals surface area (Å²) in [6, 6.07) is 11.7. The van der Waals surface area contributed by atoms with Crippen molar-refractivity contribution in [2.24, 2.45) is 0 Å². The Labute approximate surface area is 179 Å². The number of amides is 1. The highest BCUT2D eigenvalue weighted by Crippen LogP contribution is 2.35. The fourth-order valence-corrected chi connectivity index (χ4v) is 5.10. The number of carbonyl (C=O) groups is 1. The second-order valence-corrected chi connectivity index (χ2v) is 10.2. The molecule has 2 aromatic carbocycles. The molecule has 9 heteroatoms. The van der Waals surface area contributed by atoms with E-state index in [1.165, 1.54) is 23.5 Å². The van der Waals surface area contributed by atoms with Crippen molar-refractivity contribution in [2.45, 2.75) is 23.8 Å². The van der Waals surface area contributed by atoms with Crippen LogP contribution in [0.3, 0.4) is 0 Å². The Morgan fingerprint density at radius 2 is 2.10 bits per heavy atom. The number of hydrogen-bond acceptors (Lipinski definition) is 7. The van der Waals surface area contributed by atoms with Crippen molar-refractivity contribution < 1.29 is 22.7 Å². The van der Waals surface area contributed by atoms with Crippen LogP contribution < -0.4 is 9.64 Å². The van der Waals surface area contributed by atoms with Gasteiger partial charge in [0.05, 0.1) is 29.4 Å². The molecule has 0 N–H and O–H groups in total. The monoisotopic (exact) mass is 446 g/mol. The third-order valence-electron chi connectivity index (χ3n) is 4.99. The molecule has 0 radical (unpaired) electrons.